The molecule has 0 bridgehead atoms. The van der Waals surface area contributed by atoms with Gasteiger partial charge in [0.05, 0.1) is 6.42 Å². The average Bonchev–Trinajstić information content (AvgIpc) is 2.63. The van der Waals surface area contributed by atoms with Crippen molar-refractivity contribution < 1.29 is 9.59 Å². The van der Waals surface area contributed by atoms with Gasteiger partial charge in [-0.2, -0.15) is 0 Å². The van der Waals surface area contributed by atoms with Gasteiger partial charge in [-0.3, -0.25) is 9.59 Å². The second-order valence-electron chi connectivity index (χ2n) is 6.40. The number of anilines is 2. The van der Waals surface area contributed by atoms with E-state index in [4.69, 9.17) is 11.6 Å². The lowest BCUT2D eigenvalue weighted by Crippen LogP contribution is -2.49. The van der Waals surface area contributed by atoms with Crippen LogP contribution in [0.15, 0.2) is 48.5 Å². The highest BCUT2D eigenvalue weighted by atomic mass is 35.5. The summed E-state index contributed by atoms with van der Waals surface area (Å²) in [7, 11) is 0. The van der Waals surface area contributed by atoms with Crippen molar-refractivity contribution in [3.8, 4) is 0 Å². The minimum atomic E-state index is -0.0836. The summed E-state index contributed by atoms with van der Waals surface area (Å²) >= 11 is 5.89. The van der Waals surface area contributed by atoms with Gasteiger partial charge in [-0.25, -0.2) is 0 Å². The van der Waals surface area contributed by atoms with Gasteiger partial charge in [-0.05, 0) is 35.9 Å². The minimum absolute atomic E-state index is 0.0836. The van der Waals surface area contributed by atoms with Crippen LogP contribution >= 0.6 is 11.6 Å². The van der Waals surface area contributed by atoms with Crippen molar-refractivity contribution in [1.29, 1.82) is 0 Å². The Labute approximate surface area is 158 Å². The van der Waals surface area contributed by atoms with Crippen LogP contribution in [-0.2, 0) is 16.0 Å². The smallest absolute Gasteiger partial charge is 0.227 e. The van der Waals surface area contributed by atoms with Crippen LogP contribution < -0.4 is 10.2 Å². The van der Waals surface area contributed by atoms with E-state index in [2.05, 4.69) is 10.2 Å². The predicted octanol–water partition coefficient (Wildman–Crippen LogP) is 3.19. The van der Waals surface area contributed by atoms with Crippen LogP contribution in [0.4, 0.5) is 11.4 Å². The van der Waals surface area contributed by atoms with E-state index in [9.17, 15) is 9.59 Å². The van der Waals surface area contributed by atoms with Gasteiger partial charge >= 0.3 is 0 Å². The Morgan fingerprint density at radius 3 is 2.38 bits per heavy atom. The molecular weight excluding hydrogens is 350 g/mol. The molecule has 0 radical (unpaired) electrons. The Hall–Kier alpha value is -2.53. The highest BCUT2D eigenvalue weighted by molar-refractivity contribution is 6.30. The molecule has 1 saturated heterocycles. The Kier molecular flexibility index (Phi) is 5.78. The Morgan fingerprint density at radius 2 is 1.73 bits per heavy atom. The van der Waals surface area contributed by atoms with Crippen LogP contribution in [0.2, 0.25) is 5.02 Å². The van der Waals surface area contributed by atoms with Crippen LogP contribution in [0.5, 0.6) is 0 Å². The summed E-state index contributed by atoms with van der Waals surface area (Å²) in [5.74, 6) is 0.0544. The average molecular weight is 372 g/mol. The zero-order chi connectivity index (χ0) is 18.5. The molecule has 5 nitrogen and oxygen atoms in total. The molecule has 2 amide bonds. The fraction of sp³-hybridized carbons (Fsp3) is 0.300. The van der Waals surface area contributed by atoms with Gasteiger partial charge in [0.15, 0.2) is 0 Å². The number of hydrogen-bond acceptors (Lipinski definition) is 3. The molecule has 0 aliphatic carbocycles. The number of carbonyl (C=O) groups excluding carboxylic acids is 2. The van der Waals surface area contributed by atoms with Crippen molar-refractivity contribution in [2.45, 2.75) is 13.3 Å². The molecule has 1 aliphatic rings. The number of benzene rings is 2. The van der Waals surface area contributed by atoms with Crippen LogP contribution in [-0.4, -0.2) is 42.9 Å². The molecule has 0 spiro atoms. The molecule has 2 aromatic carbocycles. The van der Waals surface area contributed by atoms with E-state index in [-0.39, 0.29) is 11.8 Å². The molecule has 1 N–H and O–H groups in total. The summed E-state index contributed by atoms with van der Waals surface area (Å²) in [6.07, 6.45) is 0.398. The maximum absolute atomic E-state index is 12.5. The van der Waals surface area contributed by atoms with Gasteiger partial charge in [0.25, 0.3) is 0 Å². The van der Waals surface area contributed by atoms with Gasteiger partial charge in [0.2, 0.25) is 11.8 Å². The highest BCUT2D eigenvalue weighted by Gasteiger charge is 2.21. The van der Waals surface area contributed by atoms with Gasteiger partial charge in [-0.15, -0.1) is 0 Å². The number of nitrogens with one attached hydrogen (secondary N) is 1. The molecule has 1 heterocycles. The predicted molar refractivity (Wildman–Crippen MR) is 105 cm³/mol. The van der Waals surface area contributed by atoms with Gasteiger partial charge < -0.3 is 15.1 Å². The van der Waals surface area contributed by atoms with E-state index in [0.717, 1.165) is 30.0 Å². The molecule has 2 aromatic rings. The lowest BCUT2D eigenvalue weighted by molar-refractivity contribution is -0.130. The van der Waals surface area contributed by atoms with Gasteiger partial charge in [0, 0.05) is 49.5 Å². The Bertz CT molecular complexity index is 784. The molecule has 0 atom stereocenters. The summed E-state index contributed by atoms with van der Waals surface area (Å²) in [6, 6.07) is 15.2. The first-order valence-corrected chi connectivity index (χ1v) is 9.04. The molecular formula is C20H22ClN3O2. The summed E-state index contributed by atoms with van der Waals surface area (Å²) in [4.78, 5) is 27.8. The number of piperazine rings is 1. The number of carbonyl (C=O) groups is 2. The summed E-state index contributed by atoms with van der Waals surface area (Å²) in [5.41, 5.74) is 2.82. The zero-order valence-corrected chi connectivity index (χ0v) is 15.5. The van der Waals surface area contributed by atoms with Crippen molar-refractivity contribution in [3.05, 3.63) is 59.1 Å². The van der Waals surface area contributed by atoms with Crippen molar-refractivity contribution in [3.63, 3.8) is 0 Å². The van der Waals surface area contributed by atoms with Crippen molar-refractivity contribution in [1.82, 2.24) is 4.90 Å². The number of amides is 2. The third-order valence-corrected chi connectivity index (χ3v) is 4.68. The molecule has 1 fully saturated rings. The molecule has 0 saturated carbocycles. The topological polar surface area (TPSA) is 52.7 Å². The minimum Gasteiger partial charge on any atom is -0.368 e. The number of rotatable bonds is 4. The number of halogens is 1. The van der Waals surface area contributed by atoms with Crippen molar-refractivity contribution in [2.24, 2.45) is 0 Å². The fourth-order valence-electron chi connectivity index (χ4n) is 3.09. The summed E-state index contributed by atoms with van der Waals surface area (Å²) in [5, 5.41) is 3.48. The lowest BCUT2D eigenvalue weighted by atomic mass is 10.1. The first kappa shape index (κ1) is 18.3. The third kappa shape index (κ3) is 4.76. The standard InChI is InChI=1S/C20H22ClN3O2/c1-15(25)22-18-3-2-4-19(14-18)23-9-11-24(12-10-23)20(26)13-16-5-7-17(21)8-6-16/h2-8,14H,9-13H2,1H3,(H,22,25). The zero-order valence-electron chi connectivity index (χ0n) is 14.7. The monoisotopic (exact) mass is 371 g/mol. The van der Waals surface area contributed by atoms with E-state index in [1.165, 1.54) is 6.92 Å². The van der Waals surface area contributed by atoms with Gasteiger partial charge in [-0.1, -0.05) is 29.8 Å². The molecule has 0 aromatic heterocycles. The second-order valence-corrected chi connectivity index (χ2v) is 6.84. The van der Waals surface area contributed by atoms with E-state index in [0.29, 0.717) is 24.5 Å². The normalized spacial score (nSPS) is 14.2. The Morgan fingerprint density at radius 1 is 1.04 bits per heavy atom. The molecule has 26 heavy (non-hydrogen) atoms. The van der Waals surface area contributed by atoms with Crippen LogP contribution in [0.1, 0.15) is 12.5 Å². The Balaban J connectivity index is 1.56. The maximum atomic E-state index is 12.5. The van der Waals surface area contributed by atoms with Crippen LogP contribution in [0.25, 0.3) is 0 Å². The first-order chi connectivity index (χ1) is 12.5. The van der Waals surface area contributed by atoms with E-state index in [1.807, 2.05) is 53.4 Å². The second kappa shape index (κ2) is 8.23. The highest BCUT2D eigenvalue weighted by Crippen LogP contribution is 2.21. The largest absolute Gasteiger partial charge is 0.368 e. The fourth-order valence-corrected chi connectivity index (χ4v) is 3.21. The first-order valence-electron chi connectivity index (χ1n) is 8.66. The quantitative estimate of drug-likeness (QED) is 0.898. The molecule has 1 aliphatic heterocycles. The third-order valence-electron chi connectivity index (χ3n) is 4.43. The molecule has 0 unspecified atom stereocenters. The van der Waals surface area contributed by atoms with Crippen molar-refractivity contribution >= 4 is 34.8 Å². The summed E-state index contributed by atoms with van der Waals surface area (Å²) < 4.78 is 0. The summed E-state index contributed by atoms with van der Waals surface area (Å²) in [6.45, 7) is 4.43. The molecule has 3 rings (SSSR count). The molecule has 136 valence electrons. The SMILES string of the molecule is CC(=O)Nc1cccc(N2CCN(C(=O)Cc3ccc(Cl)cc3)CC2)c1. The van der Waals surface area contributed by atoms with Crippen LogP contribution in [0.3, 0.4) is 0 Å². The van der Waals surface area contributed by atoms with Crippen molar-refractivity contribution in [2.75, 3.05) is 36.4 Å². The lowest BCUT2D eigenvalue weighted by Gasteiger charge is -2.36. The molecule has 6 heteroatoms. The number of nitrogens with zero attached hydrogens (tertiary/aromatic N) is 2. The van der Waals surface area contributed by atoms with E-state index in [1.54, 1.807) is 0 Å². The van der Waals surface area contributed by atoms with E-state index < -0.39 is 0 Å². The number of hydrogen-bond donors (Lipinski definition) is 1. The van der Waals surface area contributed by atoms with Crippen LogP contribution in [0, 0.1) is 0 Å². The maximum Gasteiger partial charge on any atom is 0.227 e. The van der Waals surface area contributed by atoms with Gasteiger partial charge in [0.1, 0.15) is 0 Å². The van der Waals surface area contributed by atoms with E-state index >= 15 is 0 Å².